The predicted octanol–water partition coefficient (Wildman–Crippen LogP) is 3.54. The van der Waals surface area contributed by atoms with Gasteiger partial charge in [0.1, 0.15) is 0 Å². The molecule has 1 amide bonds. The van der Waals surface area contributed by atoms with Gasteiger partial charge in [0.05, 0.1) is 52.9 Å². The fraction of sp³-hybridized carbons (Fsp3) is 0.381. The number of rotatable bonds is 7. The molecule has 158 valence electrons. The Hall–Kier alpha value is -3.49. The molecule has 0 spiro atoms. The number of nitro groups is 1. The average Bonchev–Trinajstić information content (AvgIpc) is 3.18. The van der Waals surface area contributed by atoms with E-state index in [4.69, 9.17) is 0 Å². The van der Waals surface area contributed by atoms with E-state index < -0.39 is 10.8 Å². The van der Waals surface area contributed by atoms with Crippen LogP contribution in [0.3, 0.4) is 0 Å². The van der Waals surface area contributed by atoms with Gasteiger partial charge < -0.3 is 15.4 Å². The lowest BCUT2D eigenvalue weighted by Crippen LogP contribution is -2.25. The Kier molecular flexibility index (Phi) is 6.00. The first-order chi connectivity index (χ1) is 14.2. The van der Waals surface area contributed by atoms with Gasteiger partial charge in [-0.2, -0.15) is 9.78 Å². The van der Waals surface area contributed by atoms with Crippen molar-refractivity contribution in [3.8, 4) is 0 Å². The van der Waals surface area contributed by atoms with Crippen molar-refractivity contribution < 1.29 is 9.72 Å². The number of nitrogens with one attached hydrogen (secondary N) is 1. The maximum Gasteiger partial charge on any atom is 0.390 e. The van der Waals surface area contributed by atoms with Crippen LogP contribution in [-0.2, 0) is 17.9 Å². The highest BCUT2D eigenvalue weighted by atomic mass is 16.6. The van der Waals surface area contributed by atoms with Gasteiger partial charge in [-0.1, -0.05) is 36.8 Å². The molecule has 1 unspecified atom stereocenters. The van der Waals surface area contributed by atoms with Crippen LogP contribution < -0.4 is 5.32 Å². The van der Waals surface area contributed by atoms with Gasteiger partial charge in [0.25, 0.3) is 0 Å². The van der Waals surface area contributed by atoms with Crippen LogP contribution in [0.5, 0.6) is 0 Å². The molecular weight excluding hydrogens is 384 g/mol. The molecule has 0 aliphatic carbocycles. The maximum atomic E-state index is 12.8. The van der Waals surface area contributed by atoms with Crippen LogP contribution in [0.2, 0.25) is 0 Å². The molecule has 0 aliphatic rings. The van der Waals surface area contributed by atoms with Crippen LogP contribution in [-0.4, -0.2) is 30.4 Å². The summed E-state index contributed by atoms with van der Waals surface area (Å²) in [6.45, 7) is 10.2. The van der Waals surface area contributed by atoms with Gasteiger partial charge in [-0.25, -0.2) is 0 Å². The van der Waals surface area contributed by atoms with Crippen LogP contribution in [0.25, 0.3) is 0 Å². The summed E-state index contributed by atoms with van der Waals surface area (Å²) in [7, 11) is 0. The van der Waals surface area contributed by atoms with Gasteiger partial charge in [0.15, 0.2) is 0 Å². The summed E-state index contributed by atoms with van der Waals surface area (Å²) < 4.78 is 3.37. The molecule has 3 rings (SSSR count). The van der Waals surface area contributed by atoms with Crippen molar-refractivity contribution in [2.24, 2.45) is 5.92 Å². The first-order valence-electron chi connectivity index (χ1n) is 9.75. The minimum atomic E-state index is -0.538. The summed E-state index contributed by atoms with van der Waals surface area (Å²) in [5, 5.41) is 22.4. The van der Waals surface area contributed by atoms with Crippen molar-refractivity contribution in [1.82, 2.24) is 19.6 Å². The average molecular weight is 410 g/mol. The Morgan fingerprint density at radius 2 is 1.80 bits per heavy atom. The molecule has 0 saturated carbocycles. The smallest absolute Gasteiger partial charge is 0.358 e. The zero-order chi connectivity index (χ0) is 22.0. The minimum Gasteiger partial charge on any atom is -0.358 e. The van der Waals surface area contributed by atoms with Gasteiger partial charge in [0.2, 0.25) is 5.91 Å². The zero-order valence-electron chi connectivity index (χ0n) is 17.8. The molecule has 1 N–H and O–H groups in total. The number of amides is 1. The molecule has 9 nitrogen and oxygen atoms in total. The number of nitrogens with zero attached hydrogens (tertiary/aromatic N) is 5. The monoisotopic (exact) mass is 410 g/mol. The van der Waals surface area contributed by atoms with Gasteiger partial charge in [0, 0.05) is 0 Å². The van der Waals surface area contributed by atoms with Crippen LogP contribution in [0.15, 0.2) is 30.3 Å². The molecule has 0 aliphatic heterocycles. The highest BCUT2D eigenvalue weighted by molar-refractivity contribution is 5.93. The third-order valence-electron chi connectivity index (χ3n) is 5.13. The largest absolute Gasteiger partial charge is 0.390 e. The Bertz CT molecular complexity index is 1080. The fourth-order valence-corrected chi connectivity index (χ4v) is 3.25. The lowest BCUT2D eigenvalue weighted by atomic mass is 10.1. The first-order valence-corrected chi connectivity index (χ1v) is 9.75. The number of hydrogen-bond acceptors (Lipinski definition) is 5. The van der Waals surface area contributed by atoms with Gasteiger partial charge in [-0.05, 0) is 38.2 Å². The lowest BCUT2D eigenvalue weighted by Gasteiger charge is -2.12. The Morgan fingerprint density at radius 1 is 1.13 bits per heavy atom. The molecule has 2 heterocycles. The van der Waals surface area contributed by atoms with E-state index in [-0.39, 0.29) is 18.3 Å². The molecule has 0 saturated heterocycles. The van der Waals surface area contributed by atoms with Crippen molar-refractivity contribution in [3.63, 3.8) is 0 Å². The quantitative estimate of drug-likeness (QED) is 0.473. The third kappa shape index (κ3) is 4.56. The highest BCUT2D eigenvalue weighted by Crippen LogP contribution is 2.22. The zero-order valence-corrected chi connectivity index (χ0v) is 17.8. The second-order valence-electron chi connectivity index (χ2n) is 7.66. The minimum absolute atomic E-state index is 0.186. The van der Waals surface area contributed by atoms with Gasteiger partial charge >= 0.3 is 5.82 Å². The summed E-state index contributed by atoms with van der Waals surface area (Å²) in [6.07, 6.45) is 0. The predicted molar refractivity (Wildman–Crippen MR) is 113 cm³/mol. The topological polar surface area (TPSA) is 108 Å². The summed E-state index contributed by atoms with van der Waals surface area (Å²) in [4.78, 5) is 23.1. The Balaban J connectivity index is 1.71. The number of carbonyl (C=O) groups excluding carboxylic acids is 1. The van der Waals surface area contributed by atoms with Crippen LogP contribution in [0.1, 0.15) is 35.1 Å². The van der Waals surface area contributed by atoms with Gasteiger partial charge in [-0.15, -0.1) is 0 Å². The van der Waals surface area contributed by atoms with Crippen molar-refractivity contribution in [1.29, 1.82) is 0 Å². The molecule has 1 aromatic carbocycles. The van der Waals surface area contributed by atoms with Crippen molar-refractivity contribution in [2.75, 3.05) is 5.32 Å². The van der Waals surface area contributed by atoms with Crippen LogP contribution in [0, 0.1) is 43.7 Å². The van der Waals surface area contributed by atoms with Crippen LogP contribution >= 0.6 is 0 Å². The van der Waals surface area contributed by atoms with E-state index in [1.807, 2.05) is 25.5 Å². The van der Waals surface area contributed by atoms with Crippen LogP contribution in [0.4, 0.5) is 11.5 Å². The molecule has 0 bridgehead atoms. The normalized spacial score (nSPS) is 12.0. The molecule has 0 radical (unpaired) electrons. The summed E-state index contributed by atoms with van der Waals surface area (Å²) in [5.74, 6) is -0.833. The number of hydrogen-bond donors (Lipinski definition) is 1. The molecule has 2 aromatic heterocycles. The molecule has 30 heavy (non-hydrogen) atoms. The van der Waals surface area contributed by atoms with E-state index >= 15 is 0 Å². The summed E-state index contributed by atoms with van der Waals surface area (Å²) in [5.41, 5.74) is 5.28. The number of aryl methyl sites for hydroxylation is 3. The number of anilines is 1. The molecule has 9 heteroatoms. The molecule has 1 atom stereocenters. The maximum absolute atomic E-state index is 12.8. The van der Waals surface area contributed by atoms with E-state index in [1.165, 1.54) is 16.3 Å². The van der Waals surface area contributed by atoms with Gasteiger partial charge in [-0.3, -0.25) is 9.48 Å². The van der Waals surface area contributed by atoms with E-state index in [0.717, 1.165) is 17.0 Å². The van der Waals surface area contributed by atoms with Crippen molar-refractivity contribution in [2.45, 2.75) is 47.7 Å². The number of benzene rings is 1. The summed E-state index contributed by atoms with van der Waals surface area (Å²) in [6, 6.07) is 9.66. The summed E-state index contributed by atoms with van der Waals surface area (Å²) >= 11 is 0. The number of aromatic nitrogens is 4. The Morgan fingerprint density at radius 3 is 2.40 bits per heavy atom. The molecular formula is C21H26N6O3. The third-order valence-corrected chi connectivity index (χ3v) is 5.13. The first kappa shape index (κ1) is 21.2. The van der Waals surface area contributed by atoms with E-state index in [2.05, 4.69) is 39.8 Å². The molecule has 0 fully saturated rings. The SMILES string of the molecule is Cc1ccc(Cn2nc(C)c(NC(=O)C(C)Cn3nc([N+](=O)[O-])cc3C)c2C)cc1. The lowest BCUT2D eigenvalue weighted by molar-refractivity contribution is -0.389. The van der Waals surface area contributed by atoms with Crippen molar-refractivity contribution >= 4 is 17.4 Å². The Labute approximate surface area is 174 Å². The van der Waals surface area contributed by atoms with E-state index in [0.29, 0.717) is 17.9 Å². The standard InChI is InChI=1S/C21H26N6O3/c1-13-6-8-18(9-7-13)12-26-17(5)20(16(4)23-26)22-21(28)14(2)11-25-15(3)10-19(24-25)27(29)30/h6-10,14H,11-12H2,1-5H3,(H,22,28). The fourth-order valence-electron chi connectivity index (χ4n) is 3.25. The van der Waals surface area contributed by atoms with E-state index in [1.54, 1.807) is 13.8 Å². The van der Waals surface area contributed by atoms with E-state index in [9.17, 15) is 14.9 Å². The second-order valence-corrected chi connectivity index (χ2v) is 7.66. The second kappa shape index (κ2) is 8.48. The highest BCUT2D eigenvalue weighted by Gasteiger charge is 2.22. The van der Waals surface area contributed by atoms with Crippen molar-refractivity contribution in [3.05, 3.63) is 68.7 Å². The molecule has 3 aromatic rings. The number of carbonyl (C=O) groups is 1.